The standard InChI is InChI=1S/C15H20N2OS/c1-9-4-3-5-12(9)15(18)17-13-8-11(14(16)19)7-6-10(13)2/h6-9,12H,3-5H2,1-2H3,(H2,16,19)(H,17,18). The van der Waals surface area contributed by atoms with Gasteiger partial charge in [-0.2, -0.15) is 0 Å². The predicted molar refractivity (Wildman–Crippen MR) is 82.2 cm³/mol. The lowest BCUT2D eigenvalue weighted by Crippen LogP contribution is -2.25. The van der Waals surface area contributed by atoms with Crippen LogP contribution in [0.3, 0.4) is 0 Å². The van der Waals surface area contributed by atoms with Crippen molar-refractivity contribution in [2.45, 2.75) is 33.1 Å². The molecule has 4 heteroatoms. The van der Waals surface area contributed by atoms with E-state index in [9.17, 15) is 4.79 Å². The van der Waals surface area contributed by atoms with Crippen molar-refractivity contribution >= 4 is 28.8 Å². The molecule has 1 aliphatic carbocycles. The van der Waals surface area contributed by atoms with Crippen molar-refractivity contribution in [3.05, 3.63) is 29.3 Å². The molecule has 2 unspecified atom stereocenters. The van der Waals surface area contributed by atoms with Crippen LogP contribution >= 0.6 is 12.2 Å². The Morgan fingerprint density at radius 1 is 1.42 bits per heavy atom. The number of benzene rings is 1. The van der Waals surface area contributed by atoms with Gasteiger partial charge in [-0.25, -0.2) is 0 Å². The monoisotopic (exact) mass is 276 g/mol. The van der Waals surface area contributed by atoms with Crippen LogP contribution in [0.15, 0.2) is 18.2 Å². The molecule has 0 spiro atoms. The average molecular weight is 276 g/mol. The minimum absolute atomic E-state index is 0.119. The number of carbonyl (C=O) groups is 1. The van der Waals surface area contributed by atoms with Crippen molar-refractivity contribution in [3.63, 3.8) is 0 Å². The number of anilines is 1. The van der Waals surface area contributed by atoms with Crippen LogP contribution in [-0.2, 0) is 4.79 Å². The van der Waals surface area contributed by atoms with Crippen molar-refractivity contribution in [1.29, 1.82) is 0 Å². The van der Waals surface area contributed by atoms with Crippen LogP contribution in [0.1, 0.15) is 37.3 Å². The molecule has 19 heavy (non-hydrogen) atoms. The summed E-state index contributed by atoms with van der Waals surface area (Å²) >= 11 is 4.97. The van der Waals surface area contributed by atoms with E-state index in [1.54, 1.807) is 0 Å². The van der Waals surface area contributed by atoms with Crippen LogP contribution < -0.4 is 11.1 Å². The molecule has 0 radical (unpaired) electrons. The summed E-state index contributed by atoms with van der Waals surface area (Å²) in [5.74, 6) is 0.722. The normalized spacial score (nSPS) is 22.2. The third-order valence-corrected chi connectivity index (χ3v) is 4.21. The zero-order chi connectivity index (χ0) is 14.0. The Morgan fingerprint density at radius 3 is 2.74 bits per heavy atom. The highest BCUT2D eigenvalue weighted by Gasteiger charge is 2.29. The SMILES string of the molecule is Cc1ccc(C(N)=S)cc1NC(=O)C1CCCC1C. The first-order valence-corrected chi connectivity index (χ1v) is 7.11. The van der Waals surface area contributed by atoms with Crippen molar-refractivity contribution < 1.29 is 4.79 Å². The predicted octanol–water partition coefficient (Wildman–Crippen LogP) is 3.00. The Labute approximate surface area is 119 Å². The zero-order valence-electron chi connectivity index (χ0n) is 11.4. The lowest BCUT2D eigenvalue weighted by atomic mass is 9.97. The molecule has 1 saturated carbocycles. The molecule has 0 aromatic heterocycles. The van der Waals surface area contributed by atoms with Crippen LogP contribution in [0.25, 0.3) is 0 Å². The summed E-state index contributed by atoms with van der Waals surface area (Å²) < 4.78 is 0. The molecule has 1 aromatic rings. The molecule has 0 heterocycles. The molecule has 0 bridgehead atoms. The van der Waals surface area contributed by atoms with Gasteiger partial charge in [-0.1, -0.05) is 37.7 Å². The topological polar surface area (TPSA) is 55.1 Å². The fourth-order valence-electron chi connectivity index (χ4n) is 2.67. The van der Waals surface area contributed by atoms with Crippen molar-refractivity contribution in [1.82, 2.24) is 0 Å². The maximum Gasteiger partial charge on any atom is 0.227 e. The summed E-state index contributed by atoms with van der Waals surface area (Å²) in [4.78, 5) is 12.6. The summed E-state index contributed by atoms with van der Waals surface area (Å²) in [5, 5.41) is 3.02. The van der Waals surface area contributed by atoms with Gasteiger partial charge in [-0.05, 0) is 37.3 Å². The van der Waals surface area contributed by atoms with Crippen LogP contribution in [-0.4, -0.2) is 10.9 Å². The second-order valence-electron chi connectivity index (χ2n) is 5.40. The fraction of sp³-hybridized carbons (Fsp3) is 0.467. The quantitative estimate of drug-likeness (QED) is 0.834. The van der Waals surface area contributed by atoms with Crippen molar-refractivity contribution in [2.75, 3.05) is 5.32 Å². The fourth-order valence-corrected chi connectivity index (χ4v) is 2.80. The zero-order valence-corrected chi connectivity index (χ0v) is 12.2. The van der Waals surface area contributed by atoms with E-state index in [2.05, 4.69) is 12.2 Å². The van der Waals surface area contributed by atoms with Crippen LogP contribution in [0.5, 0.6) is 0 Å². The highest BCUT2D eigenvalue weighted by molar-refractivity contribution is 7.80. The van der Waals surface area contributed by atoms with Gasteiger partial charge < -0.3 is 11.1 Å². The first kappa shape index (κ1) is 14.0. The first-order valence-electron chi connectivity index (χ1n) is 6.70. The van der Waals surface area contributed by atoms with Crippen molar-refractivity contribution in [2.24, 2.45) is 17.6 Å². The second-order valence-corrected chi connectivity index (χ2v) is 5.84. The molecule has 3 N–H and O–H groups in total. The number of aryl methyl sites for hydroxylation is 1. The van der Waals surface area contributed by atoms with Gasteiger partial charge in [0.1, 0.15) is 4.99 Å². The Morgan fingerprint density at radius 2 is 2.16 bits per heavy atom. The minimum atomic E-state index is 0.119. The molecule has 1 amide bonds. The smallest absolute Gasteiger partial charge is 0.227 e. The molecule has 1 aromatic carbocycles. The number of thiocarbonyl (C=S) groups is 1. The summed E-state index contributed by atoms with van der Waals surface area (Å²) in [6.45, 7) is 4.12. The van der Waals surface area contributed by atoms with E-state index in [1.807, 2.05) is 25.1 Å². The number of rotatable bonds is 3. The van der Waals surface area contributed by atoms with Gasteiger partial charge in [0, 0.05) is 17.2 Å². The molecule has 2 atom stereocenters. The third kappa shape index (κ3) is 3.13. The minimum Gasteiger partial charge on any atom is -0.389 e. The molecule has 0 saturated heterocycles. The number of nitrogens with one attached hydrogen (secondary N) is 1. The van der Waals surface area contributed by atoms with E-state index >= 15 is 0 Å². The van der Waals surface area contributed by atoms with E-state index in [-0.39, 0.29) is 11.8 Å². The summed E-state index contributed by atoms with van der Waals surface area (Å²) in [5.41, 5.74) is 8.25. The lowest BCUT2D eigenvalue weighted by molar-refractivity contribution is -0.120. The molecular weight excluding hydrogens is 256 g/mol. The highest BCUT2D eigenvalue weighted by Crippen LogP contribution is 2.32. The number of carbonyl (C=O) groups excluding carboxylic acids is 1. The van der Waals surface area contributed by atoms with E-state index in [4.69, 9.17) is 18.0 Å². The second kappa shape index (κ2) is 5.70. The van der Waals surface area contributed by atoms with Gasteiger partial charge in [0.05, 0.1) is 0 Å². The Kier molecular flexibility index (Phi) is 4.20. The number of hydrogen-bond acceptors (Lipinski definition) is 2. The van der Waals surface area contributed by atoms with E-state index in [0.717, 1.165) is 36.1 Å². The number of hydrogen-bond donors (Lipinski definition) is 2. The number of amides is 1. The third-order valence-electron chi connectivity index (χ3n) is 3.98. The molecule has 1 aliphatic rings. The first-order chi connectivity index (χ1) is 8.99. The van der Waals surface area contributed by atoms with Gasteiger partial charge >= 0.3 is 0 Å². The Bertz CT molecular complexity index is 513. The summed E-state index contributed by atoms with van der Waals surface area (Å²) in [6.07, 6.45) is 3.27. The molecule has 2 rings (SSSR count). The van der Waals surface area contributed by atoms with Gasteiger partial charge in [-0.15, -0.1) is 0 Å². The molecule has 0 aliphatic heterocycles. The number of nitrogens with two attached hydrogens (primary N) is 1. The van der Waals surface area contributed by atoms with Gasteiger partial charge in [0.15, 0.2) is 0 Å². The Hall–Kier alpha value is -1.42. The van der Waals surface area contributed by atoms with E-state index in [0.29, 0.717) is 10.9 Å². The Balaban J connectivity index is 2.16. The highest BCUT2D eigenvalue weighted by atomic mass is 32.1. The molecular formula is C15H20N2OS. The summed E-state index contributed by atoms with van der Waals surface area (Å²) in [6, 6.07) is 5.67. The maximum atomic E-state index is 12.3. The van der Waals surface area contributed by atoms with Crippen LogP contribution in [0.2, 0.25) is 0 Å². The maximum absolute atomic E-state index is 12.3. The molecule has 102 valence electrons. The van der Waals surface area contributed by atoms with E-state index in [1.165, 1.54) is 0 Å². The molecule has 1 fully saturated rings. The lowest BCUT2D eigenvalue weighted by Gasteiger charge is -2.17. The van der Waals surface area contributed by atoms with Crippen LogP contribution in [0, 0.1) is 18.8 Å². The molecule has 3 nitrogen and oxygen atoms in total. The van der Waals surface area contributed by atoms with Crippen LogP contribution in [0.4, 0.5) is 5.69 Å². The summed E-state index contributed by atoms with van der Waals surface area (Å²) in [7, 11) is 0. The average Bonchev–Trinajstić information content (AvgIpc) is 2.78. The van der Waals surface area contributed by atoms with Gasteiger partial charge in [-0.3, -0.25) is 4.79 Å². The van der Waals surface area contributed by atoms with Gasteiger partial charge in [0.2, 0.25) is 5.91 Å². The van der Waals surface area contributed by atoms with Crippen molar-refractivity contribution in [3.8, 4) is 0 Å². The van der Waals surface area contributed by atoms with Gasteiger partial charge in [0.25, 0.3) is 0 Å². The van der Waals surface area contributed by atoms with E-state index < -0.39 is 0 Å². The largest absolute Gasteiger partial charge is 0.389 e.